The highest BCUT2D eigenvalue weighted by Crippen LogP contribution is 2.23. The van der Waals surface area contributed by atoms with Crippen molar-refractivity contribution in [2.24, 2.45) is 5.10 Å². The van der Waals surface area contributed by atoms with E-state index < -0.39 is 43.2 Å². The van der Waals surface area contributed by atoms with Gasteiger partial charge in [0, 0.05) is 5.54 Å². The molecule has 0 spiro atoms. The number of amidine groups is 1. The lowest BCUT2D eigenvalue weighted by Gasteiger charge is -2.21. The fourth-order valence-electron chi connectivity index (χ4n) is 2.03. The SMILES string of the molecule is CCOC(=O)C(=NNc1ccc(C(=O)OC)c(S(=O)(=O)NC(C)(C)C)c1)[N+](=O)[O-]. The molecule has 0 aliphatic heterocycles. The molecule has 1 rings (SSSR count). The molecular formula is C16H22N4O8S. The van der Waals surface area contributed by atoms with Gasteiger partial charge in [-0.1, -0.05) is 0 Å². The van der Waals surface area contributed by atoms with Gasteiger partial charge in [0.25, 0.3) is 0 Å². The summed E-state index contributed by atoms with van der Waals surface area (Å²) in [6, 6.07) is 3.43. The van der Waals surface area contributed by atoms with Crippen LogP contribution < -0.4 is 10.1 Å². The maximum absolute atomic E-state index is 12.7. The quantitative estimate of drug-likeness (QED) is 0.221. The van der Waals surface area contributed by atoms with E-state index in [9.17, 15) is 28.1 Å². The first-order valence-electron chi connectivity index (χ1n) is 8.24. The Kier molecular flexibility index (Phi) is 7.79. The average Bonchev–Trinajstić information content (AvgIpc) is 2.59. The van der Waals surface area contributed by atoms with Crippen molar-refractivity contribution in [2.75, 3.05) is 19.1 Å². The van der Waals surface area contributed by atoms with Crippen LogP contribution in [0.25, 0.3) is 0 Å². The third kappa shape index (κ3) is 6.80. The van der Waals surface area contributed by atoms with Gasteiger partial charge < -0.3 is 19.6 Å². The molecule has 0 saturated heterocycles. The van der Waals surface area contributed by atoms with Crippen LogP contribution in [-0.4, -0.2) is 50.4 Å². The lowest BCUT2D eigenvalue weighted by atomic mass is 10.1. The van der Waals surface area contributed by atoms with Gasteiger partial charge in [0.15, 0.2) is 0 Å². The van der Waals surface area contributed by atoms with E-state index >= 15 is 0 Å². The molecule has 1 aromatic rings. The molecule has 0 saturated carbocycles. The number of benzene rings is 1. The molecule has 0 heterocycles. The van der Waals surface area contributed by atoms with Gasteiger partial charge in [-0.3, -0.25) is 0 Å². The van der Waals surface area contributed by atoms with E-state index in [-0.39, 0.29) is 17.9 Å². The van der Waals surface area contributed by atoms with Crippen molar-refractivity contribution < 1.29 is 32.4 Å². The molecule has 0 fully saturated rings. The summed E-state index contributed by atoms with van der Waals surface area (Å²) in [5.41, 5.74) is 1.09. The Morgan fingerprint density at radius 3 is 2.38 bits per heavy atom. The van der Waals surface area contributed by atoms with Gasteiger partial charge in [0.1, 0.15) is 0 Å². The zero-order valence-corrected chi connectivity index (χ0v) is 17.3. The van der Waals surface area contributed by atoms with Crippen LogP contribution in [0.4, 0.5) is 5.69 Å². The lowest BCUT2D eigenvalue weighted by molar-refractivity contribution is -0.350. The Morgan fingerprint density at radius 1 is 1.28 bits per heavy atom. The van der Waals surface area contributed by atoms with Crippen LogP contribution in [0.5, 0.6) is 0 Å². The van der Waals surface area contributed by atoms with Gasteiger partial charge >= 0.3 is 17.8 Å². The number of sulfonamides is 1. The number of nitrogens with zero attached hydrogens (tertiary/aromatic N) is 2. The van der Waals surface area contributed by atoms with Crippen LogP contribution >= 0.6 is 0 Å². The number of esters is 2. The summed E-state index contributed by atoms with van der Waals surface area (Å²) in [5.74, 6) is -3.29. The van der Waals surface area contributed by atoms with Crippen LogP contribution in [0, 0.1) is 10.1 Å². The number of methoxy groups -OCH3 is 1. The molecular weight excluding hydrogens is 408 g/mol. The molecule has 29 heavy (non-hydrogen) atoms. The van der Waals surface area contributed by atoms with E-state index in [0.717, 1.165) is 19.2 Å². The molecule has 0 aliphatic rings. The lowest BCUT2D eigenvalue weighted by Crippen LogP contribution is -2.41. The van der Waals surface area contributed by atoms with Crippen molar-refractivity contribution in [3.8, 4) is 0 Å². The zero-order valence-electron chi connectivity index (χ0n) is 16.5. The standard InChI is InChI=1S/C16H22N4O8S/c1-6-28-15(22)13(20(23)24)18-17-10-7-8-11(14(21)27-5)12(9-10)29(25,26)19-16(2,3)4/h7-9,17,19H,6H2,1-5H3. The molecule has 12 nitrogen and oxygen atoms in total. The van der Waals surface area contributed by atoms with E-state index in [4.69, 9.17) is 0 Å². The molecule has 0 radical (unpaired) electrons. The Bertz CT molecular complexity index is 935. The predicted molar refractivity (Wildman–Crippen MR) is 103 cm³/mol. The van der Waals surface area contributed by atoms with E-state index in [1.807, 2.05) is 0 Å². The van der Waals surface area contributed by atoms with E-state index in [2.05, 4.69) is 24.7 Å². The number of nitro groups is 1. The largest absolute Gasteiger partial charge is 0.473 e. The summed E-state index contributed by atoms with van der Waals surface area (Å²) in [6.45, 7) is 6.20. The number of hydrogen-bond donors (Lipinski definition) is 2. The number of nitrogens with one attached hydrogen (secondary N) is 2. The molecule has 0 bridgehead atoms. The van der Waals surface area contributed by atoms with Gasteiger partial charge in [-0.25, -0.2) is 22.7 Å². The summed E-state index contributed by atoms with van der Waals surface area (Å²) in [7, 11) is -3.08. The third-order valence-corrected chi connectivity index (χ3v) is 4.84. The minimum absolute atomic E-state index is 0.0319. The first kappa shape index (κ1) is 24.0. The second-order valence-electron chi connectivity index (χ2n) is 6.58. The first-order chi connectivity index (χ1) is 13.3. The summed E-state index contributed by atoms with van der Waals surface area (Å²) in [5, 5.41) is 14.3. The van der Waals surface area contributed by atoms with Gasteiger partial charge in [0.2, 0.25) is 10.0 Å². The number of carbonyl (C=O) groups excluding carboxylic acids is 2. The minimum atomic E-state index is -4.17. The molecule has 0 amide bonds. The van der Waals surface area contributed by atoms with Crippen molar-refractivity contribution in [1.29, 1.82) is 0 Å². The molecule has 1 aromatic carbocycles. The van der Waals surface area contributed by atoms with Gasteiger partial charge in [-0.15, -0.1) is 0 Å². The highest BCUT2D eigenvalue weighted by atomic mass is 32.2. The Morgan fingerprint density at radius 2 is 1.90 bits per heavy atom. The molecule has 0 aliphatic carbocycles. The monoisotopic (exact) mass is 430 g/mol. The maximum atomic E-state index is 12.7. The highest BCUT2D eigenvalue weighted by Gasteiger charge is 2.29. The van der Waals surface area contributed by atoms with Gasteiger partial charge in [0.05, 0.1) is 35.0 Å². The molecule has 0 unspecified atom stereocenters. The molecule has 0 aromatic heterocycles. The van der Waals surface area contributed by atoms with Crippen LogP contribution in [0.3, 0.4) is 0 Å². The van der Waals surface area contributed by atoms with Crippen LogP contribution in [0.1, 0.15) is 38.1 Å². The Labute approximate surface area is 167 Å². The Hall–Kier alpha value is -3.06. The second-order valence-corrected chi connectivity index (χ2v) is 8.23. The van der Waals surface area contributed by atoms with E-state index in [0.29, 0.717) is 0 Å². The molecule has 0 atom stereocenters. The summed E-state index contributed by atoms with van der Waals surface area (Å²) < 4.78 is 37.0. The van der Waals surface area contributed by atoms with Crippen molar-refractivity contribution >= 4 is 33.5 Å². The third-order valence-electron chi connectivity index (χ3n) is 3.04. The highest BCUT2D eigenvalue weighted by molar-refractivity contribution is 7.89. The smallest absolute Gasteiger partial charge is 0.465 e. The van der Waals surface area contributed by atoms with Crippen molar-refractivity contribution in [3.05, 3.63) is 33.9 Å². The second kappa shape index (κ2) is 9.43. The topological polar surface area (TPSA) is 166 Å². The molecule has 2 N–H and O–H groups in total. The maximum Gasteiger partial charge on any atom is 0.473 e. The normalized spacial score (nSPS) is 12.2. The van der Waals surface area contributed by atoms with Gasteiger partial charge in [-0.05, 0) is 50.8 Å². The number of carbonyl (C=O) groups is 2. The predicted octanol–water partition coefficient (Wildman–Crippen LogP) is 1.12. The molecule has 13 heteroatoms. The first-order valence-corrected chi connectivity index (χ1v) is 9.72. The zero-order chi connectivity index (χ0) is 22.4. The minimum Gasteiger partial charge on any atom is -0.465 e. The number of anilines is 1. The summed E-state index contributed by atoms with van der Waals surface area (Å²) >= 11 is 0. The number of ether oxygens (including phenoxy) is 2. The number of hydrogen-bond acceptors (Lipinski definition) is 10. The summed E-state index contributed by atoms with van der Waals surface area (Å²) in [4.78, 5) is 33.0. The van der Waals surface area contributed by atoms with Gasteiger partial charge in [-0.2, -0.15) is 5.43 Å². The summed E-state index contributed by atoms with van der Waals surface area (Å²) in [6.07, 6.45) is 0. The number of rotatable bonds is 6. The fourth-order valence-corrected chi connectivity index (χ4v) is 3.66. The average molecular weight is 430 g/mol. The van der Waals surface area contributed by atoms with Crippen LogP contribution in [0.15, 0.2) is 28.2 Å². The fraction of sp³-hybridized carbons (Fsp3) is 0.438. The van der Waals surface area contributed by atoms with E-state index in [1.165, 1.54) is 13.0 Å². The van der Waals surface area contributed by atoms with Crippen molar-refractivity contribution in [3.63, 3.8) is 0 Å². The van der Waals surface area contributed by atoms with Crippen LogP contribution in [-0.2, 0) is 24.3 Å². The Balaban J connectivity index is 3.42. The van der Waals surface area contributed by atoms with E-state index in [1.54, 1.807) is 20.8 Å². The molecule has 160 valence electrons. The van der Waals surface area contributed by atoms with Crippen molar-refractivity contribution in [2.45, 2.75) is 38.1 Å². The van der Waals surface area contributed by atoms with Crippen molar-refractivity contribution in [1.82, 2.24) is 4.72 Å². The number of hydrazone groups is 1. The van der Waals surface area contributed by atoms with Crippen LogP contribution in [0.2, 0.25) is 0 Å².